The molecule has 0 heterocycles. The van der Waals surface area contributed by atoms with Crippen molar-refractivity contribution >= 4 is 0 Å². The first kappa shape index (κ1) is 26.0. The van der Waals surface area contributed by atoms with Crippen molar-refractivity contribution in [1.29, 1.82) is 0 Å². The van der Waals surface area contributed by atoms with Gasteiger partial charge in [0.2, 0.25) is 0 Å². The van der Waals surface area contributed by atoms with Crippen molar-refractivity contribution in [1.82, 2.24) is 0 Å². The van der Waals surface area contributed by atoms with Crippen molar-refractivity contribution in [2.75, 3.05) is 0 Å². The van der Waals surface area contributed by atoms with Crippen LogP contribution >= 0.6 is 0 Å². The highest BCUT2D eigenvalue weighted by atomic mass is 16.3. The summed E-state index contributed by atoms with van der Waals surface area (Å²) in [4.78, 5) is 0. The number of phenolic OH excluding ortho intramolecular Hbond substituents is 2. The van der Waals surface area contributed by atoms with E-state index in [2.05, 4.69) is 13.8 Å². The standard InChI is InChI=1S/2C7H8O.C3H8.2C2H6/c2*1-6-4-2-3-5-7(6)8;1-3-2;2*1-2/h2*2-5,8H,1H3;3H2,1-2H3;2*1-2H3. The Balaban J connectivity index is -0.000000252. The summed E-state index contributed by atoms with van der Waals surface area (Å²) in [7, 11) is 0. The lowest BCUT2D eigenvalue weighted by Crippen LogP contribution is -1.68. The number of aromatic hydroxyl groups is 2. The molecule has 23 heavy (non-hydrogen) atoms. The molecule has 0 radical (unpaired) electrons. The number of hydrogen-bond donors (Lipinski definition) is 2. The zero-order valence-electron chi connectivity index (χ0n) is 16.2. The SMILES string of the molecule is CC.CC.CCC.Cc1ccccc1O.Cc1ccccc1O. The second kappa shape index (κ2) is 20.0. The third-order valence-electron chi connectivity index (χ3n) is 2.23. The van der Waals surface area contributed by atoms with Crippen LogP contribution in [0.5, 0.6) is 11.5 Å². The fourth-order valence-corrected chi connectivity index (χ4v) is 1.13. The third-order valence-corrected chi connectivity index (χ3v) is 2.23. The van der Waals surface area contributed by atoms with Gasteiger partial charge in [0.15, 0.2) is 0 Å². The van der Waals surface area contributed by atoms with Crippen LogP contribution in [0.2, 0.25) is 0 Å². The van der Waals surface area contributed by atoms with Gasteiger partial charge in [0.05, 0.1) is 0 Å². The number of benzene rings is 2. The van der Waals surface area contributed by atoms with Gasteiger partial charge in [-0.2, -0.15) is 0 Å². The van der Waals surface area contributed by atoms with E-state index in [1.165, 1.54) is 6.42 Å². The molecule has 132 valence electrons. The van der Waals surface area contributed by atoms with Crippen molar-refractivity contribution in [3.63, 3.8) is 0 Å². The summed E-state index contributed by atoms with van der Waals surface area (Å²) < 4.78 is 0. The van der Waals surface area contributed by atoms with Gasteiger partial charge in [-0.25, -0.2) is 0 Å². The summed E-state index contributed by atoms with van der Waals surface area (Å²) >= 11 is 0. The van der Waals surface area contributed by atoms with Gasteiger partial charge in [-0.15, -0.1) is 0 Å². The van der Waals surface area contributed by atoms with Gasteiger partial charge >= 0.3 is 0 Å². The van der Waals surface area contributed by atoms with Gasteiger partial charge in [0.1, 0.15) is 11.5 Å². The number of phenols is 2. The topological polar surface area (TPSA) is 40.5 Å². The second-order valence-corrected chi connectivity index (χ2v) is 4.28. The zero-order valence-corrected chi connectivity index (χ0v) is 16.2. The fraction of sp³-hybridized carbons (Fsp3) is 0.429. The largest absolute Gasteiger partial charge is 0.508 e. The molecule has 0 aliphatic carbocycles. The molecule has 2 aromatic carbocycles. The molecule has 0 unspecified atom stereocenters. The van der Waals surface area contributed by atoms with Crippen LogP contribution in [0.4, 0.5) is 0 Å². The molecule has 0 saturated heterocycles. The maximum Gasteiger partial charge on any atom is 0.118 e. The lowest BCUT2D eigenvalue weighted by molar-refractivity contribution is 0.470. The van der Waals surface area contributed by atoms with E-state index in [1.54, 1.807) is 12.1 Å². The van der Waals surface area contributed by atoms with Crippen molar-refractivity contribution in [3.8, 4) is 11.5 Å². The van der Waals surface area contributed by atoms with Crippen LogP contribution in [0.15, 0.2) is 48.5 Å². The first-order valence-electron chi connectivity index (χ1n) is 8.52. The first-order valence-corrected chi connectivity index (χ1v) is 8.52. The Morgan fingerprint density at radius 1 is 0.609 bits per heavy atom. The van der Waals surface area contributed by atoms with E-state index in [0.29, 0.717) is 11.5 Å². The monoisotopic (exact) mass is 320 g/mol. The first-order chi connectivity index (χ1) is 11.0. The van der Waals surface area contributed by atoms with Crippen LogP contribution in [-0.4, -0.2) is 10.2 Å². The Kier molecular flexibility index (Phi) is 22.6. The lowest BCUT2D eigenvalue weighted by atomic mass is 10.2. The summed E-state index contributed by atoms with van der Waals surface area (Å²) in [6.07, 6.45) is 1.25. The normalized spacial score (nSPS) is 7.65. The molecule has 0 aromatic heterocycles. The molecule has 0 saturated carbocycles. The highest BCUT2D eigenvalue weighted by Crippen LogP contribution is 2.12. The number of rotatable bonds is 0. The Morgan fingerprint density at radius 3 is 0.957 bits per heavy atom. The van der Waals surface area contributed by atoms with E-state index in [1.807, 2.05) is 77.9 Å². The van der Waals surface area contributed by atoms with E-state index in [-0.39, 0.29) is 0 Å². The third kappa shape index (κ3) is 16.2. The number of hydrogen-bond acceptors (Lipinski definition) is 2. The molecule has 2 heteroatoms. The van der Waals surface area contributed by atoms with E-state index in [0.717, 1.165) is 11.1 Å². The molecule has 0 spiro atoms. The van der Waals surface area contributed by atoms with Crippen molar-refractivity contribution < 1.29 is 10.2 Å². The summed E-state index contributed by atoms with van der Waals surface area (Å²) in [5.41, 5.74) is 1.85. The molecule has 0 fully saturated rings. The molecule has 2 N–H and O–H groups in total. The molecule has 0 bridgehead atoms. The van der Waals surface area contributed by atoms with Gasteiger partial charge in [0, 0.05) is 0 Å². The maximum atomic E-state index is 8.92. The van der Waals surface area contributed by atoms with E-state index >= 15 is 0 Å². The minimum absolute atomic E-state index is 0.368. The Labute approximate surface area is 143 Å². The van der Waals surface area contributed by atoms with E-state index in [9.17, 15) is 0 Å². The molecular weight excluding hydrogens is 284 g/mol. The Bertz CT molecular complexity index is 379. The molecule has 2 nitrogen and oxygen atoms in total. The predicted octanol–water partition coefficient (Wildman–Crippen LogP) is 6.87. The number of aryl methyl sites for hydroxylation is 2. The summed E-state index contributed by atoms with van der Waals surface area (Å²) in [6.45, 7) is 16.0. The van der Waals surface area contributed by atoms with Gasteiger partial charge in [0.25, 0.3) is 0 Å². The molecule has 0 atom stereocenters. The van der Waals surface area contributed by atoms with Crippen LogP contribution in [0, 0.1) is 13.8 Å². The van der Waals surface area contributed by atoms with Gasteiger partial charge < -0.3 is 10.2 Å². The molecule has 2 aromatic rings. The molecule has 0 aliphatic rings. The minimum atomic E-state index is 0.368. The Hall–Kier alpha value is -1.96. The van der Waals surface area contributed by atoms with Crippen LogP contribution in [0.1, 0.15) is 59.1 Å². The lowest BCUT2D eigenvalue weighted by Gasteiger charge is -1.92. The second-order valence-electron chi connectivity index (χ2n) is 4.28. The summed E-state index contributed by atoms with van der Waals surface area (Å²) in [5, 5.41) is 17.8. The van der Waals surface area contributed by atoms with Crippen LogP contribution in [-0.2, 0) is 0 Å². The average molecular weight is 321 g/mol. The summed E-state index contributed by atoms with van der Waals surface area (Å²) in [6, 6.07) is 14.5. The number of para-hydroxylation sites is 2. The van der Waals surface area contributed by atoms with Crippen molar-refractivity contribution in [2.24, 2.45) is 0 Å². The van der Waals surface area contributed by atoms with Crippen LogP contribution in [0.25, 0.3) is 0 Å². The van der Waals surface area contributed by atoms with Gasteiger partial charge in [-0.05, 0) is 37.1 Å². The van der Waals surface area contributed by atoms with Crippen LogP contribution < -0.4 is 0 Å². The summed E-state index contributed by atoms with van der Waals surface area (Å²) in [5.74, 6) is 0.736. The molecule has 2 rings (SSSR count). The van der Waals surface area contributed by atoms with Crippen molar-refractivity contribution in [2.45, 2.75) is 61.8 Å². The fourth-order valence-electron chi connectivity index (χ4n) is 1.13. The highest BCUT2D eigenvalue weighted by Gasteiger charge is 1.87. The average Bonchev–Trinajstić information content (AvgIpc) is 2.58. The minimum Gasteiger partial charge on any atom is -0.508 e. The maximum absolute atomic E-state index is 8.92. The van der Waals surface area contributed by atoms with Gasteiger partial charge in [-0.1, -0.05) is 84.4 Å². The molecule has 0 aliphatic heterocycles. The van der Waals surface area contributed by atoms with Crippen molar-refractivity contribution in [3.05, 3.63) is 59.7 Å². The van der Waals surface area contributed by atoms with E-state index in [4.69, 9.17) is 10.2 Å². The van der Waals surface area contributed by atoms with E-state index < -0.39 is 0 Å². The van der Waals surface area contributed by atoms with Crippen LogP contribution in [0.3, 0.4) is 0 Å². The zero-order chi connectivity index (χ0) is 18.7. The predicted molar refractivity (Wildman–Crippen MR) is 104 cm³/mol. The smallest absolute Gasteiger partial charge is 0.118 e. The van der Waals surface area contributed by atoms with Gasteiger partial charge in [-0.3, -0.25) is 0 Å². The molecular formula is C21H36O2. The highest BCUT2D eigenvalue weighted by molar-refractivity contribution is 5.30. The quantitative estimate of drug-likeness (QED) is 0.556. The Morgan fingerprint density at radius 2 is 0.826 bits per heavy atom. The molecule has 0 amide bonds.